The molecule has 1 N–H and O–H groups in total. The van der Waals surface area contributed by atoms with Crippen molar-refractivity contribution in [3.05, 3.63) is 42.1 Å². The van der Waals surface area contributed by atoms with Gasteiger partial charge in [-0.2, -0.15) is 18.3 Å². The third kappa shape index (κ3) is 6.10. The number of piperidine rings is 1. The first kappa shape index (κ1) is 23.8. The van der Waals surface area contributed by atoms with Crippen LogP contribution in [0.25, 0.3) is 0 Å². The molecule has 2 aliphatic rings. The average molecular weight is 458 g/mol. The van der Waals surface area contributed by atoms with E-state index in [0.29, 0.717) is 18.9 Å². The van der Waals surface area contributed by atoms with Gasteiger partial charge in [0.1, 0.15) is 0 Å². The summed E-state index contributed by atoms with van der Waals surface area (Å²) in [5.41, 5.74) is 0.930. The summed E-state index contributed by atoms with van der Waals surface area (Å²) in [7, 11) is 1.93. The van der Waals surface area contributed by atoms with E-state index in [1.165, 1.54) is 5.56 Å². The number of nitrogens with zero attached hydrogens (tertiary/aromatic N) is 4. The number of hydrogen-bond acceptors (Lipinski definition) is 6. The molecule has 2 aromatic heterocycles. The third-order valence-electron chi connectivity index (χ3n) is 5.29. The number of furan rings is 1. The molecule has 9 nitrogen and oxygen atoms in total. The Balaban J connectivity index is 0.000000360. The molecule has 0 aliphatic carbocycles. The van der Waals surface area contributed by atoms with E-state index in [2.05, 4.69) is 16.2 Å². The number of ether oxygens (including phenoxy) is 1. The second-order valence-corrected chi connectivity index (χ2v) is 7.87. The highest BCUT2D eigenvalue weighted by Crippen LogP contribution is 2.30. The fourth-order valence-electron chi connectivity index (χ4n) is 3.94. The second kappa shape index (κ2) is 9.74. The second-order valence-electron chi connectivity index (χ2n) is 7.87. The number of amides is 1. The molecule has 2 aliphatic heterocycles. The minimum atomic E-state index is -5.08. The van der Waals surface area contributed by atoms with Crippen molar-refractivity contribution in [3.63, 3.8) is 0 Å². The first-order valence-electron chi connectivity index (χ1n) is 10.0. The molecule has 2 fully saturated rings. The van der Waals surface area contributed by atoms with Crippen molar-refractivity contribution in [3.8, 4) is 0 Å². The van der Waals surface area contributed by atoms with Crippen molar-refractivity contribution in [2.75, 3.05) is 32.8 Å². The molecule has 1 amide bonds. The van der Waals surface area contributed by atoms with Gasteiger partial charge in [0.05, 0.1) is 31.2 Å². The minimum Gasteiger partial charge on any atom is -0.475 e. The fourth-order valence-corrected chi connectivity index (χ4v) is 3.94. The molecule has 2 saturated heterocycles. The van der Waals surface area contributed by atoms with Gasteiger partial charge in [-0.15, -0.1) is 0 Å². The molecule has 0 radical (unpaired) electrons. The first-order chi connectivity index (χ1) is 15.1. The normalized spacial score (nSPS) is 21.8. The first-order valence-corrected chi connectivity index (χ1v) is 10.0. The van der Waals surface area contributed by atoms with Crippen molar-refractivity contribution in [1.82, 2.24) is 19.6 Å². The number of carbonyl (C=O) groups excluding carboxylic acids is 1. The smallest absolute Gasteiger partial charge is 0.475 e. The van der Waals surface area contributed by atoms with E-state index in [-0.39, 0.29) is 11.5 Å². The lowest BCUT2D eigenvalue weighted by Crippen LogP contribution is -2.60. The number of alkyl halides is 3. The standard InChI is InChI=1S/C18H24N4O3.C2HF3O2/c1-20-11-15(10-19-20)12-21-7-9-25-18(13-21)5-3-6-22(14-18)17(23)16-4-2-8-24-16;3-2(4,5)1(6)7/h2,4,8,10-11H,3,5-7,9,12-14H2,1H3;(H,6,7). The Morgan fingerprint density at radius 1 is 1.28 bits per heavy atom. The van der Waals surface area contributed by atoms with Gasteiger partial charge in [-0.25, -0.2) is 4.79 Å². The van der Waals surface area contributed by atoms with E-state index in [9.17, 15) is 18.0 Å². The number of halogens is 3. The zero-order valence-corrected chi connectivity index (χ0v) is 17.5. The monoisotopic (exact) mass is 458 g/mol. The molecule has 0 saturated carbocycles. The van der Waals surface area contributed by atoms with Crippen LogP contribution in [0.15, 0.2) is 35.2 Å². The van der Waals surface area contributed by atoms with Crippen LogP contribution in [0, 0.1) is 0 Å². The average Bonchev–Trinajstić information content (AvgIpc) is 3.39. The summed E-state index contributed by atoms with van der Waals surface area (Å²) in [4.78, 5) is 25.8. The molecular weight excluding hydrogens is 433 g/mol. The molecule has 1 atom stereocenters. The predicted octanol–water partition coefficient (Wildman–Crippen LogP) is 2.15. The van der Waals surface area contributed by atoms with Crippen molar-refractivity contribution in [2.24, 2.45) is 7.05 Å². The Morgan fingerprint density at radius 3 is 2.62 bits per heavy atom. The topological polar surface area (TPSA) is 101 Å². The van der Waals surface area contributed by atoms with Crippen LogP contribution < -0.4 is 0 Å². The van der Waals surface area contributed by atoms with E-state index in [0.717, 1.165) is 39.0 Å². The highest BCUT2D eigenvalue weighted by molar-refractivity contribution is 5.91. The lowest BCUT2D eigenvalue weighted by atomic mass is 9.90. The van der Waals surface area contributed by atoms with Crippen LogP contribution in [0.2, 0.25) is 0 Å². The molecule has 2 aromatic rings. The predicted molar refractivity (Wildman–Crippen MR) is 105 cm³/mol. The molecule has 4 rings (SSSR count). The van der Waals surface area contributed by atoms with E-state index >= 15 is 0 Å². The Hall–Kier alpha value is -2.86. The van der Waals surface area contributed by atoms with E-state index in [1.807, 2.05) is 22.8 Å². The third-order valence-corrected chi connectivity index (χ3v) is 5.29. The van der Waals surface area contributed by atoms with Crippen LogP contribution in [0.5, 0.6) is 0 Å². The molecule has 12 heteroatoms. The molecule has 1 spiro atoms. The van der Waals surface area contributed by atoms with Gasteiger partial charge in [-0.05, 0) is 25.0 Å². The maximum atomic E-state index is 12.6. The van der Waals surface area contributed by atoms with Gasteiger partial charge in [0, 0.05) is 45.0 Å². The number of carboxylic acid groups (broad SMARTS) is 1. The van der Waals surface area contributed by atoms with Crippen LogP contribution in [-0.4, -0.2) is 81.1 Å². The van der Waals surface area contributed by atoms with Gasteiger partial charge in [-0.1, -0.05) is 0 Å². The van der Waals surface area contributed by atoms with Gasteiger partial charge in [0.2, 0.25) is 0 Å². The van der Waals surface area contributed by atoms with Crippen LogP contribution in [0.1, 0.15) is 29.0 Å². The Morgan fingerprint density at radius 2 is 2.03 bits per heavy atom. The summed E-state index contributed by atoms with van der Waals surface area (Å²) < 4.78 is 45.0. The lowest BCUT2D eigenvalue weighted by molar-refractivity contribution is -0.192. The van der Waals surface area contributed by atoms with E-state index < -0.39 is 12.1 Å². The number of aromatic nitrogens is 2. The number of likely N-dealkylation sites (tertiary alicyclic amines) is 1. The quantitative estimate of drug-likeness (QED) is 0.752. The van der Waals surface area contributed by atoms with Gasteiger partial charge in [0.25, 0.3) is 5.91 Å². The van der Waals surface area contributed by atoms with Gasteiger partial charge < -0.3 is 19.2 Å². The molecule has 32 heavy (non-hydrogen) atoms. The maximum Gasteiger partial charge on any atom is 0.490 e. The number of carboxylic acids is 1. The Bertz CT molecular complexity index is 911. The SMILES string of the molecule is Cn1cc(CN2CCOC3(CCCN(C(=O)c4ccco4)C3)C2)cn1.O=C(O)C(F)(F)F. The number of aryl methyl sites for hydroxylation is 1. The number of rotatable bonds is 3. The van der Waals surface area contributed by atoms with Gasteiger partial charge >= 0.3 is 12.1 Å². The summed E-state index contributed by atoms with van der Waals surface area (Å²) in [6, 6.07) is 3.47. The molecule has 0 aromatic carbocycles. The van der Waals surface area contributed by atoms with Gasteiger partial charge in [-0.3, -0.25) is 14.4 Å². The maximum absolute atomic E-state index is 12.6. The van der Waals surface area contributed by atoms with Crippen LogP contribution in [0.4, 0.5) is 13.2 Å². The minimum absolute atomic E-state index is 0.0444. The van der Waals surface area contributed by atoms with Crippen LogP contribution >= 0.6 is 0 Å². The number of hydrogen-bond donors (Lipinski definition) is 1. The Kier molecular flexibility index (Phi) is 7.24. The lowest BCUT2D eigenvalue weighted by Gasteiger charge is -2.47. The summed E-state index contributed by atoms with van der Waals surface area (Å²) in [5.74, 6) is -2.40. The number of aliphatic carboxylic acids is 1. The summed E-state index contributed by atoms with van der Waals surface area (Å²) in [6.45, 7) is 4.68. The van der Waals surface area contributed by atoms with E-state index in [4.69, 9.17) is 19.1 Å². The molecule has 4 heterocycles. The highest BCUT2D eigenvalue weighted by atomic mass is 19.4. The van der Waals surface area contributed by atoms with Crippen molar-refractivity contribution < 1.29 is 37.0 Å². The summed E-state index contributed by atoms with van der Waals surface area (Å²) in [5, 5.41) is 11.4. The van der Waals surface area contributed by atoms with Crippen LogP contribution in [-0.2, 0) is 23.1 Å². The highest BCUT2D eigenvalue weighted by Gasteiger charge is 2.42. The molecule has 176 valence electrons. The van der Waals surface area contributed by atoms with Crippen LogP contribution in [0.3, 0.4) is 0 Å². The molecular formula is C20H25F3N4O5. The number of carbonyl (C=O) groups is 2. The summed E-state index contributed by atoms with van der Waals surface area (Å²) in [6.07, 6.45) is 2.36. The number of morpholine rings is 1. The fraction of sp³-hybridized carbons (Fsp3) is 0.550. The Labute approximate surface area is 182 Å². The largest absolute Gasteiger partial charge is 0.490 e. The molecule has 0 bridgehead atoms. The van der Waals surface area contributed by atoms with E-state index in [1.54, 1.807) is 18.4 Å². The molecule has 1 unspecified atom stereocenters. The summed E-state index contributed by atoms with van der Waals surface area (Å²) >= 11 is 0. The zero-order valence-electron chi connectivity index (χ0n) is 17.5. The van der Waals surface area contributed by atoms with Crippen molar-refractivity contribution >= 4 is 11.9 Å². The van der Waals surface area contributed by atoms with Gasteiger partial charge in [0.15, 0.2) is 5.76 Å². The zero-order chi connectivity index (χ0) is 23.4. The van der Waals surface area contributed by atoms with Crippen molar-refractivity contribution in [1.29, 1.82) is 0 Å². The van der Waals surface area contributed by atoms with Crippen molar-refractivity contribution in [2.45, 2.75) is 31.2 Å².